The Morgan fingerprint density at radius 3 is 2.12 bits per heavy atom. The van der Waals surface area contributed by atoms with E-state index in [0.29, 0.717) is 11.4 Å². The summed E-state index contributed by atoms with van der Waals surface area (Å²) in [5.74, 6) is -0.701. The topological polar surface area (TPSA) is 96.0 Å². The fourth-order valence-electron chi connectivity index (χ4n) is 4.30. The smallest absolute Gasteiger partial charge is 0.264 e. The molecule has 0 saturated carbocycles. The van der Waals surface area contributed by atoms with Crippen molar-refractivity contribution in [3.8, 4) is 5.75 Å². The molecule has 1 unspecified atom stereocenters. The van der Waals surface area contributed by atoms with Crippen molar-refractivity contribution in [2.24, 2.45) is 0 Å². The SMILES string of the molecule is CCC(C(=O)NC(C)C)N(Cc1ccc(Cl)cc1)C(=O)CN(c1cc(Cl)ccc1OC)S(=O)(=O)c1ccc(C)cc1. The minimum Gasteiger partial charge on any atom is -0.495 e. The number of hydrogen-bond donors (Lipinski definition) is 1. The molecule has 0 spiro atoms. The first-order chi connectivity index (χ1) is 19.4. The Morgan fingerprint density at radius 2 is 1.56 bits per heavy atom. The molecule has 2 amide bonds. The van der Waals surface area contributed by atoms with Gasteiger partial charge in [0.2, 0.25) is 11.8 Å². The van der Waals surface area contributed by atoms with Gasteiger partial charge in [-0.3, -0.25) is 13.9 Å². The fraction of sp³-hybridized carbons (Fsp3) is 0.333. The highest BCUT2D eigenvalue weighted by molar-refractivity contribution is 7.92. The van der Waals surface area contributed by atoms with Crippen LogP contribution < -0.4 is 14.4 Å². The Bertz CT molecular complexity index is 1460. The average Bonchev–Trinajstić information content (AvgIpc) is 2.92. The number of carbonyl (C=O) groups is 2. The van der Waals surface area contributed by atoms with E-state index < -0.39 is 28.5 Å². The molecule has 0 aromatic heterocycles. The van der Waals surface area contributed by atoms with Crippen molar-refractivity contribution in [2.75, 3.05) is 18.0 Å². The zero-order valence-corrected chi connectivity index (χ0v) is 26.1. The van der Waals surface area contributed by atoms with Crippen LogP contribution in [0.25, 0.3) is 0 Å². The van der Waals surface area contributed by atoms with Gasteiger partial charge in [-0.15, -0.1) is 0 Å². The van der Waals surface area contributed by atoms with Crippen LogP contribution >= 0.6 is 23.2 Å². The van der Waals surface area contributed by atoms with Crippen molar-refractivity contribution in [1.29, 1.82) is 0 Å². The summed E-state index contributed by atoms with van der Waals surface area (Å²) in [6.45, 7) is 6.76. The number of methoxy groups -OCH3 is 1. The number of benzene rings is 3. The van der Waals surface area contributed by atoms with Crippen LogP contribution in [0.5, 0.6) is 5.75 Å². The number of hydrogen-bond acceptors (Lipinski definition) is 5. The molecule has 0 saturated heterocycles. The van der Waals surface area contributed by atoms with E-state index in [4.69, 9.17) is 27.9 Å². The van der Waals surface area contributed by atoms with Crippen molar-refractivity contribution >= 4 is 50.7 Å². The van der Waals surface area contributed by atoms with Gasteiger partial charge in [0.05, 0.1) is 17.7 Å². The molecule has 0 aliphatic rings. The van der Waals surface area contributed by atoms with Crippen LogP contribution in [0.3, 0.4) is 0 Å². The minimum atomic E-state index is -4.27. The quantitative estimate of drug-likeness (QED) is 0.275. The fourth-order valence-corrected chi connectivity index (χ4v) is 6.00. The molecule has 1 atom stereocenters. The van der Waals surface area contributed by atoms with E-state index in [0.717, 1.165) is 15.4 Å². The molecule has 220 valence electrons. The first-order valence-electron chi connectivity index (χ1n) is 13.1. The predicted molar refractivity (Wildman–Crippen MR) is 163 cm³/mol. The van der Waals surface area contributed by atoms with Gasteiger partial charge < -0.3 is 15.0 Å². The van der Waals surface area contributed by atoms with Crippen molar-refractivity contribution in [3.63, 3.8) is 0 Å². The lowest BCUT2D eigenvalue weighted by atomic mass is 10.1. The normalized spacial score (nSPS) is 12.1. The van der Waals surface area contributed by atoms with Crippen molar-refractivity contribution < 1.29 is 22.7 Å². The zero-order chi connectivity index (χ0) is 30.3. The largest absolute Gasteiger partial charge is 0.495 e. The standard InChI is InChI=1S/C30H35Cl2N3O5S/c1-6-26(30(37)33-20(2)3)34(18-22-9-11-23(31)12-10-22)29(36)19-35(27-17-24(32)13-16-28(27)40-5)41(38,39)25-14-7-21(4)8-15-25/h7-17,20,26H,6,18-19H2,1-5H3,(H,33,37). The van der Waals surface area contributed by atoms with Gasteiger partial charge in [-0.2, -0.15) is 0 Å². The highest BCUT2D eigenvalue weighted by Gasteiger charge is 2.35. The first-order valence-corrected chi connectivity index (χ1v) is 15.3. The molecule has 8 nitrogen and oxygen atoms in total. The Morgan fingerprint density at radius 1 is 0.951 bits per heavy atom. The number of aryl methyl sites for hydroxylation is 1. The molecule has 0 heterocycles. The molecule has 0 aliphatic carbocycles. The number of sulfonamides is 1. The van der Waals surface area contributed by atoms with E-state index in [2.05, 4.69) is 5.32 Å². The maximum Gasteiger partial charge on any atom is 0.264 e. The molecular formula is C30H35Cl2N3O5S. The number of nitrogens with one attached hydrogen (secondary N) is 1. The first kappa shape index (κ1) is 32.2. The number of rotatable bonds is 12. The van der Waals surface area contributed by atoms with E-state index >= 15 is 0 Å². The van der Waals surface area contributed by atoms with Gasteiger partial charge in [0.1, 0.15) is 18.3 Å². The van der Waals surface area contributed by atoms with Gasteiger partial charge >= 0.3 is 0 Å². The van der Waals surface area contributed by atoms with Crippen LogP contribution in [0.4, 0.5) is 5.69 Å². The Kier molecular flexibility index (Phi) is 11.1. The van der Waals surface area contributed by atoms with E-state index in [9.17, 15) is 18.0 Å². The van der Waals surface area contributed by atoms with Crippen molar-refractivity contribution in [3.05, 3.63) is 87.9 Å². The summed E-state index contributed by atoms with van der Waals surface area (Å²) in [6.07, 6.45) is 0.309. The second kappa shape index (κ2) is 14.1. The second-order valence-corrected chi connectivity index (χ2v) is 12.6. The number of nitrogens with zero attached hydrogens (tertiary/aromatic N) is 2. The third-order valence-electron chi connectivity index (χ3n) is 6.38. The summed E-state index contributed by atoms with van der Waals surface area (Å²) >= 11 is 12.3. The monoisotopic (exact) mass is 619 g/mol. The second-order valence-electron chi connectivity index (χ2n) is 9.88. The molecule has 11 heteroatoms. The van der Waals surface area contributed by atoms with Crippen LogP contribution in [0.2, 0.25) is 10.0 Å². The molecule has 1 N–H and O–H groups in total. The van der Waals surface area contributed by atoms with Gasteiger partial charge in [0.15, 0.2) is 0 Å². The van der Waals surface area contributed by atoms with Crippen LogP contribution in [0.1, 0.15) is 38.3 Å². The molecule has 0 radical (unpaired) electrons. The van der Waals surface area contributed by atoms with Gasteiger partial charge in [0.25, 0.3) is 10.0 Å². The summed E-state index contributed by atoms with van der Waals surface area (Å²) in [7, 11) is -2.87. The number of halogens is 2. The maximum absolute atomic E-state index is 14.1. The lowest BCUT2D eigenvalue weighted by Crippen LogP contribution is -2.53. The predicted octanol–water partition coefficient (Wildman–Crippen LogP) is 5.84. The Labute approximate surface area is 252 Å². The molecule has 41 heavy (non-hydrogen) atoms. The highest BCUT2D eigenvalue weighted by Crippen LogP contribution is 2.35. The van der Waals surface area contributed by atoms with E-state index in [1.807, 2.05) is 20.8 Å². The van der Waals surface area contributed by atoms with E-state index in [-0.39, 0.29) is 39.8 Å². The third-order valence-corrected chi connectivity index (χ3v) is 8.64. The molecule has 0 bridgehead atoms. The summed E-state index contributed by atoms with van der Waals surface area (Å²) in [6, 6.07) is 16.8. The number of anilines is 1. The molecule has 0 fully saturated rings. The number of ether oxygens (including phenoxy) is 1. The molecule has 3 rings (SSSR count). The third kappa shape index (κ3) is 8.15. The van der Waals surface area contributed by atoms with E-state index in [1.165, 1.54) is 36.3 Å². The highest BCUT2D eigenvalue weighted by atomic mass is 35.5. The van der Waals surface area contributed by atoms with Gasteiger partial charge in [-0.25, -0.2) is 8.42 Å². The van der Waals surface area contributed by atoms with Crippen LogP contribution in [0, 0.1) is 6.92 Å². The summed E-state index contributed by atoms with van der Waals surface area (Å²) < 4.78 is 34.6. The van der Waals surface area contributed by atoms with Crippen LogP contribution in [-0.2, 0) is 26.2 Å². The van der Waals surface area contributed by atoms with Crippen LogP contribution in [-0.4, -0.2) is 50.9 Å². The average molecular weight is 621 g/mol. The Hall–Kier alpha value is -3.27. The lowest BCUT2D eigenvalue weighted by molar-refractivity contribution is -0.140. The van der Waals surface area contributed by atoms with Crippen LogP contribution in [0.15, 0.2) is 71.6 Å². The summed E-state index contributed by atoms with van der Waals surface area (Å²) in [5.41, 5.74) is 1.70. The van der Waals surface area contributed by atoms with Gasteiger partial charge in [0, 0.05) is 22.6 Å². The summed E-state index contributed by atoms with van der Waals surface area (Å²) in [4.78, 5) is 28.8. The summed E-state index contributed by atoms with van der Waals surface area (Å²) in [5, 5.41) is 3.66. The zero-order valence-electron chi connectivity index (χ0n) is 23.7. The van der Waals surface area contributed by atoms with Gasteiger partial charge in [-0.1, -0.05) is 60.0 Å². The maximum atomic E-state index is 14.1. The molecule has 3 aromatic carbocycles. The van der Waals surface area contributed by atoms with Crippen molar-refractivity contribution in [2.45, 2.75) is 57.6 Å². The number of carbonyl (C=O) groups excluding carboxylic acids is 2. The van der Waals surface area contributed by atoms with Gasteiger partial charge in [-0.05, 0) is 75.2 Å². The number of amides is 2. The molecule has 3 aromatic rings. The Balaban J connectivity index is 2.13. The van der Waals surface area contributed by atoms with Crippen molar-refractivity contribution in [1.82, 2.24) is 10.2 Å². The van der Waals surface area contributed by atoms with E-state index in [1.54, 1.807) is 49.4 Å². The minimum absolute atomic E-state index is 0.00762. The lowest BCUT2D eigenvalue weighted by Gasteiger charge is -2.34. The molecule has 0 aliphatic heterocycles. The molecular weight excluding hydrogens is 585 g/mol.